The van der Waals surface area contributed by atoms with Crippen molar-refractivity contribution < 1.29 is 14.3 Å². The summed E-state index contributed by atoms with van der Waals surface area (Å²) in [5.41, 5.74) is 4.92. The lowest BCUT2D eigenvalue weighted by Gasteiger charge is -2.29. The molecule has 184 valence electrons. The second-order valence-corrected chi connectivity index (χ2v) is 9.32. The fourth-order valence-electron chi connectivity index (χ4n) is 5.32. The molecular weight excluding hydrogens is 459 g/mol. The number of phenols is 1. The average Bonchev–Trinajstić information content (AvgIpc) is 3.64. The van der Waals surface area contributed by atoms with Crippen molar-refractivity contribution in [1.29, 1.82) is 0 Å². The van der Waals surface area contributed by atoms with Gasteiger partial charge in [0.2, 0.25) is 5.91 Å². The van der Waals surface area contributed by atoms with Gasteiger partial charge in [0.1, 0.15) is 17.0 Å². The van der Waals surface area contributed by atoms with Crippen molar-refractivity contribution in [3.05, 3.63) is 59.7 Å². The summed E-state index contributed by atoms with van der Waals surface area (Å²) < 4.78 is 15.6. The minimum absolute atomic E-state index is 0.0391. The van der Waals surface area contributed by atoms with Crippen molar-refractivity contribution in [2.24, 2.45) is 0 Å². The molecule has 1 amide bonds. The van der Waals surface area contributed by atoms with E-state index in [0.29, 0.717) is 41.0 Å². The van der Waals surface area contributed by atoms with Gasteiger partial charge in [-0.1, -0.05) is 25.1 Å². The van der Waals surface area contributed by atoms with Gasteiger partial charge >= 0.3 is 0 Å². The van der Waals surface area contributed by atoms with Crippen molar-refractivity contribution in [2.45, 2.75) is 32.2 Å². The van der Waals surface area contributed by atoms with Crippen LogP contribution in [0.3, 0.4) is 0 Å². The SMILES string of the molecule is CCc1cc(O)ccc1-c1ccc2c(-c3nc(C4=CCN(C5CCNC5=O)CC4)c[nH]3)n[nH]c2c1F. The number of hydrogen-bond acceptors (Lipinski definition) is 5. The number of H-pyrrole nitrogens is 2. The predicted octanol–water partition coefficient (Wildman–Crippen LogP) is 4.00. The highest BCUT2D eigenvalue weighted by Crippen LogP contribution is 2.35. The highest BCUT2D eigenvalue weighted by molar-refractivity contribution is 5.95. The maximum absolute atomic E-state index is 15.6. The number of rotatable bonds is 5. The van der Waals surface area contributed by atoms with Crippen molar-refractivity contribution in [3.63, 3.8) is 0 Å². The summed E-state index contributed by atoms with van der Waals surface area (Å²) >= 11 is 0. The zero-order chi connectivity index (χ0) is 24.8. The highest BCUT2D eigenvalue weighted by atomic mass is 19.1. The highest BCUT2D eigenvalue weighted by Gasteiger charge is 2.31. The molecular formula is C27H27FN6O2. The van der Waals surface area contributed by atoms with E-state index in [0.717, 1.165) is 48.3 Å². The van der Waals surface area contributed by atoms with E-state index in [-0.39, 0.29) is 23.5 Å². The molecule has 4 aromatic rings. The quantitative estimate of drug-likeness (QED) is 0.341. The van der Waals surface area contributed by atoms with Crippen LogP contribution >= 0.6 is 0 Å². The lowest BCUT2D eigenvalue weighted by atomic mass is 9.96. The number of aryl methyl sites for hydroxylation is 1. The summed E-state index contributed by atoms with van der Waals surface area (Å²) in [6, 6.07) is 8.55. The normalized spacial score (nSPS) is 18.6. The van der Waals surface area contributed by atoms with Crippen LogP contribution in [-0.2, 0) is 11.2 Å². The lowest BCUT2D eigenvalue weighted by Crippen LogP contribution is -2.42. The van der Waals surface area contributed by atoms with Crippen molar-refractivity contribution in [1.82, 2.24) is 30.4 Å². The number of aromatic hydroxyl groups is 1. The molecule has 1 saturated heterocycles. The molecule has 1 unspecified atom stereocenters. The van der Waals surface area contributed by atoms with E-state index in [9.17, 15) is 9.90 Å². The number of nitrogens with one attached hydrogen (secondary N) is 3. The number of benzene rings is 2. The van der Waals surface area contributed by atoms with E-state index < -0.39 is 0 Å². The summed E-state index contributed by atoms with van der Waals surface area (Å²) in [4.78, 5) is 22.2. The number of carbonyl (C=O) groups excluding carboxylic acids is 1. The number of fused-ring (bicyclic) bond motifs is 1. The van der Waals surface area contributed by atoms with Gasteiger partial charge in [-0.25, -0.2) is 9.37 Å². The first-order valence-electron chi connectivity index (χ1n) is 12.3. The molecule has 36 heavy (non-hydrogen) atoms. The Labute approximate surface area is 207 Å². The molecule has 2 aliphatic rings. The molecule has 0 bridgehead atoms. The molecule has 0 saturated carbocycles. The Hall–Kier alpha value is -3.98. The molecule has 9 heteroatoms. The van der Waals surface area contributed by atoms with Crippen LogP contribution in [0.2, 0.25) is 0 Å². The van der Waals surface area contributed by atoms with Crippen LogP contribution in [0.1, 0.15) is 31.0 Å². The molecule has 1 fully saturated rings. The fraction of sp³-hybridized carbons (Fsp3) is 0.296. The number of aromatic nitrogens is 4. The minimum atomic E-state index is -0.385. The van der Waals surface area contributed by atoms with Crippen LogP contribution in [0, 0.1) is 5.82 Å². The van der Waals surface area contributed by atoms with Gasteiger partial charge in [0, 0.05) is 36.8 Å². The van der Waals surface area contributed by atoms with Crippen LogP contribution < -0.4 is 5.32 Å². The number of amides is 1. The van der Waals surface area contributed by atoms with Crippen LogP contribution in [-0.4, -0.2) is 61.8 Å². The van der Waals surface area contributed by atoms with E-state index >= 15 is 4.39 Å². The van der Waals surface area contributed by atoms with Gasteiger partial charge in [-0.15, -0.1) is 0 Å². The summed E-state index contributed by atoms with van der Waals surface area (Å²) in [5, 5.41) is 20.6. The lowest BCUT2D eigenvalue weighted by molar-refractivity contribution is -0.123. The maximum Gasteiger partial charge on any atom is 0.237 e. The van der Waals surface area contributed by atoms with Gasteiger partial charge in [0.05, 0.1) is 11.7 Å². The topological polar surface area (TPSA) is 110 Å². The number of imidazole rings is 1. The molecule has 4 heterocycles. The zero-order valence-electron chi connectivity index (χ0n) is 19.9. The number of phenolic OH excluding ortho intramolecular Hbond substituents is 1. The summed E-state index contributed by atoms with van der Waals surface area (Å²) in [6.45, 7) is 4.24. The molecule has 2 aliphatic heterocycles. The van der Waals surface area contributed by atoms with Gasteiger partial charge in [-0.3, -0.25) is 14.8 Å². The Kier molecular flexibility index (Phi) is 5.56. The monoisotopic (exact) mass is 486 g/mol. The van der Waals surface area contributed by atoms with Crippen molar-refractivity contribution in [2.75, 3.05) is 19.6 Å². The van der Waals surface area contributed by atoms with Crippen LogP contribution in [0.5, 0.6) is 5.75 Å². The standard InChI is InChI=1S/C27H27FN6O2/c1-2-15-13-17(35)3-4-18(15)19-5-6-20-24(23(19)28)32-33-25(20)26-30-14-21(31-26)16-8-11-34(12-9-16)22-7-10-29-27(22)36/h3-6,8,13-14,22,35H,2,7,9-12H2,1H3,(H,29,36)(H,30,31)(H,32,33). The predicted molar refractivity (Wildman–Crippen MR) is 136 cm³/mol. The van der Waals surface area contributed by atoms with E-state index in [1.807, 2.05) is 19.2 Å². The Morgan fingerprint density at radius 2 is 2.08 bits per heavy atom. The van der Waals surface area contributed by atoms with Crippen molar-refractivity contribution >= 4 is 22.4 Å². The summed E-state index contributed by atoms with van der Waals surface area (Å²) in [7, 11) is 0. The van der Waals surface area contributed by atoms with E-state index in [1.54, 1.807) is 24.3 Å². The second-order valence-electron chi connectivity index (χ2n) is 9.32. The molecule has 0 aliphatic carbocycles. The third kappa shape index (κ3) is 3.76. The average molecular weight is 487 g/mol. The number of nitrogens with zero attached hydrogens (tertiary/aromatic N) is 3. The van der Waals surface area contributed by atoms with Gasteiger partial charge in [0.25, 0.3) is 0 Å². The molecule has 2 aromatic carbocycles. The van der Waals surface area contributed by atoms with Gasteiger partial charge in [0.15, 0.2) is 11.6 Å². The first-order valence-corrected chi connectivity index (χ1v) is 12.3. The smallest absolute Gasteiger partial charge is 0.237 e. The molecule has 0 radical (unpaired) electrons. The first kappa shape index (κ1) is 22.5. The third-order valence-corrected chi connectivity index (χ3v) is 7.27. The molecule has 4 N–H and O–H groups in total. The molecule has 2 aromatic heterocycles. The van der Waals surface area contributed by atoms with Crippen molar-refractivity contribution in [3.8, 4) is 28.4 Å². The molecule has 8 nitrogen and oxygen atoms in total. The largest absolute Gasteiger partial charge is 0.508 e. The third-order valence-electron chi connectivity index (χ3n) is 7.27. The maximum atomic E-state index is 15.6. The van der Waals surface area contributed by atoms with Crippen LogP contribution in [0.4, 0.5) is 4.39 Å². The van der Waals surface area contributed by atoms with Crippen LogP contribution in [0.25, 0.3) is 39.1 Å². The molecule has 0 spiro atoms. The Bertz CT molecular complexity index is 1500. The Morgan fingerprint density at radius 1 is 1.22 bits per heavy atom. The first-order chi connectivity index (χ1) is 17.5. The number of aromatic amines is 2. The molecule has 1 atom stereocenters. The van der Waals surface area contributed by atoms with Gasteiger partial charge < -0.3 is 15.4 Å². The minimum Gasteiger partial charge on any atom is -0.508 e. The number of carbonyl (C=O) groups is 1. The zero-order valence-corrected chi connectivity index (χ0v) is 19.9. The Morgan fingerprint density at radius 3 is 2.83 bits per heavy atom. The number of halogens is 1. The fourth-order valence-corrected chi connectivity index (χ4v) is 5.32. The van der Waals surface area contributed by atoms with Gasteiger partial charge in [-0.2, -0.15) is 5.10 Å². The van der Waals surface area contributed by atoms with E-state index in [2.05, 4.69) is 31.5 Å². The summed E-state index contributed by atoms with van der Waals surface area (Å²) in [6.07, 6.45) is 6.32. The van der Waals surface area contributed by atoms with Crippen LogP contribution in [0.15, 0.2) is 42.6 Å². The molecule has 6 rings (SSSR count). The summed E-state index contributed by atoms with van der Waals surface area (Å²) in [5.74, 6) is 0.468. The van der Waals surface area contributed by atoms with Gasteiger partial charge in [-0.05, 0) is 54.2 Å². The second kappa shape index (κ2) is 8.91. The van der Waals surface area contributed by atoms with E-state index in [1.165, 1.54) is 0 Å². The Balaban J connectivity index is 1.28. The number of hydrogen-bond donors (Lipinski definition) is 4. The van der Waals surface area contributed by atoms with E-state index in [4.69, 9.17) is 4.98 Å².